The molecule has 74 heavy (non-hydrogen) atoms. The molecule has 5 N–H and O–H groups in total. The maximum absolute atomic E-state index is 13.6. The number of benzene rings is 2. The van der Waals surface area contributed by atoms with E-state index in [1.54, 1.807) is 46.4 Å². The van der Waals surface area contributed by atoms with E-state index in [0.29, 0.717) is 84.9 Å². The molecule has 2 aromatic carbocycles. The van der Waals surface area contributed by atoms with Gasteiger partial charge in [-0.15, -0.1) is 0 Å². The summed E-state index contributed by atoms with van der Waals surface area (Å²) in [5.74, 6) is 0.558. The highest BCUT2D eigenvalue weighted by Crippen LogP contribution is 2.41. The number of carbonyl (C=O) groups excluding carboxylic acids is 2. The van der Waals surface area contributed by atoms with Gasteiger partial charge in [0.15, 0.2) is 40.1 Å². The van der Waals surface area contributed by atoms with Gasteiger partial charge in [-0.2, -0.15) is 4.74 Å². The summed E-state index contributed by atoms with van der Waals surface area (Å²) in [5, 5.41) is 41.6. The summed E-state index contributed by atoms with van der Waals surface area (Å²) in [5.41, 5.74) is 8.85. The van der Waals surface area contributed by atoms with E-state index in [4.69, 9.17) is 24.1 Å². The quantitative estimate of drug-likeness (QED) is 0.0337. The summed E-state index contributed by atoms with van der Waals surface area (Å²) in [6.07, 6.45) is 15.5. The van der Waals surface area contributed by atoms with Crippen LogP contribution in [0.5, 0.6) is 23.0 Å². The zero-order valence-corrected chi connectivity index (χ0v) is 42.7. The van der Waals surface area contributed by atoms with Crippen LogP contribution >= 0.6 is 0 Å². The summed E-state index contributed by atoms with van der Waals surface area (Å²) < 4.78 is 30.4. The third kappa shape index (κ3) is 11.0. The zero-order valence-electron chi connectivity index (χ0n) is 42.7. The van der Waals surface area contributed by atoms with Gasteiger partial charge in [-0.25, -0.2) is 4.79 Å². The Morgan fingerprint density at radius 3 is 1.82 bits per heavy atom. The normalized spacial score (nSPS) is 19.1. The number of hydroxylamine groups is 2. The predicted octanol–water partition coefficient (Wildman–Crippen LogP) is 6.39. The van der Waals surface area contributed by atoms with Crippen molar-refractivity contribution in [2.75, 3.05) is 70.9 Å². The van der Waals surface area contributed by atoms with Gasteiger partial charge in [0.25, 0.3) is 0 Å². The van der Waals surface area contributed by atoms with Crippen LogP contribution in [-0.2, 0) is 22.7 Å². The molecule has 9 rings (SSSR count). The Hall–Kier alpha value is -7.93. The number of ether oxygens (including phenoxy) is 4. The first kappa shape index (κ1) is 51.0. The van der Waals surface area contributed by atoms with Crippen LogP contribution < -0.4 is 39.8 Å². The number of hydrogen-bond acceptors (Lipinski definition) is 11. The minimum absolute atomic E-state index is 0.0170. The number of amides is 3. The molecule has 0 saturated carbocycles. The van der Waals surface area contributed by atoms with Crippen molar-refractivity contribution in [3.8, 4) is 23.0 Å². The Labute approximate surface area is 430 Å². The van der Waals surface area contributed by atoms with Crippen molar-refractivity contribution >= 4 is 52.9 Å². The van der Waals surface area contributed by atoms with E-state index >= 15 is 0 Å². The Balaban J connectivity index is 0.781. The first-order chi connectivity index (χ1) is 35.7. The number of rotatable bonds is 17. The van der Waals surface area contributed by atoms with Gasteiger partial charge in [-0.3, -0.25) is 14.8 Å². The van der Waals surface area contributed by atoms with Crippen LogP contribution in [0.2, 0.25) is 0 Å². The van der Waals surface area contributed by atoms with E-state index < -0.39 is 30.0 Å². The Bertz CT molecular complexity index is 2950. The van der Waals surface area contributed by atoms with Gasteiger partial charge in [-0.1, -0.05) is 50.3 Å². The molecule has 390 valence electrons. The fourth-order valence-corrected chi connectivity index (χ4v) is 10.3. The van der Waals surface area contributed by atoms with Gasteiger partial charge in [0.1, 0.15) is 12.1 Å². The minimum Gasteiger partial charge on any atom is -0.618 e. The summed E-state index contributed by atoms with van der Waals surface area (Å²) in [6, 6.07) is 14.2. The number of nitrogens with one attached hydrogen (secondary N) is 3. The van der Waals surface area contributed by atoms with E-state index in [2.05, 4.69) is 67.7 Å². The molecule has 3 amide bonds. The molecule has 4 unspecified atom stereocenters. The fraction of sp³-hybridized carbons (Fsp3) is 0.400. The lowest BCUT2D eigenvalue weighted by Crippen LogP contribution is -2.53. The van der Waals surface area contributed by atoms with Crippen molar-refractivity contribution in [3.05, 3.63) is 124 Å². The zero-order chi connectivity index (χ0) is 52.2. The molecule has 2 aliphatic carbocycles. The number of piperazine rings is 1. The molecule has 2 aromatic heterocycles. The predicted molar refractivity (Wildman–Crippen MR) is 281 cm³/mol. The molecule has 4 aromatic rings. The third-order valence-electron chi connectivity index (χ3n) is 14.4. The van der Waals surface area contributed by atoms with Crippen molar-refractivity contribution in [2.24, 2.45) is 17.8 Å². The first-order valence-electron chi connectivity index (χ1n) is 25.2. The minimum atomic E-state index is -1.32. The van der Waals surface area contributed by atoms with E-state index in [0.717, 1.165) is 54.2 Å². The highest BCUT2D eigenvalue weighted by atomic mass is 16.5. The van der Waals surface area contributed by atoms with Crippen LogP contribution in [0.15, 0.2) is 96.6 Å². The van der Waals surface area contributed by atoms with Gasteiger partial charge in [0, 0.05) is 74.0 Å². The van der Waals surface area contributed by atoms with Crippen LogP contribution in [0.4, 0.5) is 16.2 Å². The topological polar surface area (TPSA) is 210 Å². The molecule has 19 nitrogen and oxygen atoms in total. The third-order valence-corrected chi connectivity index (χ3v) is 14.4. The van der Waals surface area contributed by atoms with Crippen LogP contribution in [-0.4, -0.2) is 137 Å². The maximum Gasteiger partial charge on any atom is 0.405 e. The number of hydrogen-bond donors (Lipinski definition) is 5. The van der Waals surface area contributed by atoms with Crippen LogP contribution in [0.25, 0.3) is 11.1 Å². The summed E-state index contributed by atoms with van der Waals surface area (Å²) in [4.78, 5) is 41.7. The number of aromatic nitrogens is 2. The monoisotopic (exact) mass is 1010 g/mol. The van der Waals surface area contributed by atoms with Crippen molar-refractivity contribution in [1.29, 1.82) is 0 Å². The summed E-state index contributed by atoms with van der Waals surface area (Å²) in [6.45, 7) is 10.9. The largest absolute Gasteiger partial charge is 0.618 e. The number of fused-ring (bicyclic) bond motifs is 4. The van der Waals surface area contributed by atoms with Crippen molar-refractivity contribution in [3.63, 3.8) is 0 Å². The second-order valence-electron chi connectivity index (χ2n) is 19.8. The van der Waals surface area contributed by atoms with Gasteiger partial charge >= 0.3 is 6.09 Å². The molecule has 4 atom stereocenters. The van der Waals surface area contributed by atoms with E-state index in [-0.39, 0.29) is 17.8 Å². The fourth-order valence-electron chi connectivity index (χ4n) is 10.3. The van der Waals surface area contributed by atoms with Crippen molar-refractivity contribution < 1.29 is 53.1 Å². The highest BCUT2D eigenvalue weighted by molar-refractivity contribution is 5.98. The van der Waals surface area contributed by atoms with E-state index in [1.165, 1.54) is 34.7 Å². The van der Waals surface area contributed by atoms with E-state index in [1.807, 2.05) is 47.3 Å². The molecule has 1 saturated heterocycles. The summed E-state index contributed by atoms with van der Waals surface area (Å²) >= 11 is 0. The van der Waals surface area contributed by atoms with Crippen molar-refractivity contribution in [1.82, 2.24) is 24.7 Å². The number of carbonyl (C=O) groups is 3. The Kier molecular flexibility index (Phi) is 15.2. The average molecular weight is 1010 g/mol. The smallest absolute Gasteiger partial charge is 0.405 e. The number of nitrogens with zero attached hydrogens (tertiary/aromatic N) is 6. The van der Waals surface area contributed by atoms with Gasteiger partial charge in [-0.05, 0) is 79.3 Å². The molecule has 0 bridgehead atoms. The molecule has 3 aliphatic heterocycles. The average Bonchev–Trinajstić information content (AvgIpc) is 3.79. The van der Waals surface area contributed by atoms with E-state index in [9.17, 15) is 24.8 Å². The molecule has 0 spiro atoms. The molecular weight excluding hydrogens is 947 g/mol. The standard InChI is InChI=1S/C55H65N9O10/c1-34(2)50(58-55(67)68)54(66)56-35(3)53(65)57-42-14-8-36(9-15-42)38-12-18-44-40(26-38)28-61-32-48(51(71-5)46(61)30-63(44)69)73-24-7-25-74-49-33-62-29-41-27-39(13-19-45(41)64(70)31-47(62)52(49)72-6)37-10-16-43(17-11-37)60-22-20-59(4)21-23-60/h8-19,30-35,40-41,50,58H,7,20-29H2,1-6H3,(H3-,56,57,65,66,67,68,70)/p+1. The summed E-state index contributed by atoms with van der Waals surface area (Å²) in [7, 11) is 5.32. The lowest BCUT2D eigenvalue weighted by atomic mass is 9.87. The Morgan fingerprint density at radius 1 is 0.730 bits per heavy atom. The molecule has 5 aliphatic rings. The number of methoxy groups -OCH3 is 2. The molecular formula is C55H66N9O10+. The molecule has 5 heterocycles. The Morgan fingerprint density at radius 2 is 1.27 bits per heavy atom. The van der Waals surface area contributed by atoms with Crippen molar-refractivity contribution in [2.45, 2.75) is 65.2 Å². The number of carboxylic acid groups (broad SMARTS) is 1. The van der Waals surface area contributed by atoms with Gasteiger partial charge in [0.05, 0.1) is 51.7 Å². The number of anilines is 2. The van der Waals surface area contributed by atoms with Gasteiger partial charge in [0.2, 0.25) is 29.9 Å². The molecule has 19 heteroatoms. The van der Waals surface area contributed by atoms with Gasteiger partial charge < -0.3 is 64.1 Å². The van der Waals surface area contributed by atoms with Crippen LogP contribution in [0.1, 0.15) is 62.5 Å². The van der Waals surface area contributed by atoms with Crippen LogP contribution in [0, 0.1) is 23.0 Å². The second kappa shape index (κ2) is 22.0. The maximum atomic E-state index is 13.6. The van der Waals surface area contributed by atoms with Crippen LogP contribution in [0.3, 0.4) is 0 Å². The first-order valence-corrected chi connectivity index (χ1v) is 25.2. The SMILES string of the molecule is COc1c(OCCCOc2cn3c(c2OC)C=[N+](O)C2=CC=C(c4ccc(N5CCN(C)CC5)cc4)CC2C3)cn2c1C=[N+]([O-])C1=CC=C(c3ccc(NC(=O)C(C)NC(=O)C(NC(=O)O)C(C)C)cc3)CC1C2. The highest BCUT2D eigenvalue weighted by Gasteiger charge is 2.36. The number of allylic oxidation sites excluding steroid dienone is 8. The number of likely N-dealkylation sites (N-methyl/N-ethyl adjacent to an activating group) is 1. The molecule has 1 fully saturated rings. The lowest BCUT2D eigenvalue weighted by molar-refractivity contribution is -0.738. The molecule has 0 radical (unpaired) electrons. The lowest BCUT2D eigenvalue weighted by Gasteiger charge is -2.34. The second-order valence-corrected chi connectivity index (χ2v) is 19.8.